The molecule has 0 bridgehead atoms. The van der Waals surface area contributed by atoms with Crippen LogP contribution in [0.3, 0.4) is 0 Å². The Morgan fingerprint density at radius 1 is 1.09 bits per heavy atom. The monoisotopic (exact) mass is 747 g/mol. The fraction of sp³-hybridized carbons (Fsp3) is 0.452. The van der Waals surface area contributed by atoms with Gasteiger partial charge in [-0.2, -0.15) is 0 Å². The number of imidazole rings is 2. The average Bonchev–Trinajstić information content (AvgIpc) is 3.97. The predicted octanol–water partition coefficient (Wildman–Crippen LogP) is 7.97. The number of nitrogens with zero attached hydrogens (tertiary/aromatic N) is 4. The number of aromatic amines is 2. The minimum Gasteiger partial charge on any atom is -0.488 e. The Morgan fingerprint density at radius 3 is 2.62 bits per heavy atom. The van der Waals surface area contributed by atoms with E-state index in [0.717, 1.165) is 74.2 Å². The fourth-order valence-electron chi connectivity index (χ4n) is 9.20. The minimum absolute atomic E-state index is 0.126. The lowest BCUT2D eigenvalue weighted by Gasteiger charge is -2.45. The normalized spacial score (nSPS) is 21.5. The number of ether oxygens (including phenoxy) is 2. The van der Waals surface area contributed by atoms with Gasteiger partial charge in [-0.25, -0.2) is 19.6 Å². The zero-order chi connectivity index (χ0) is 39.0. The van der Waals surface area contributed by atoms with Gasteiger partial charge < -0.3 is 34.8 Å². The quantitative estimate of drug-likeness (QED) is 0.136. The summed E-state index contributed by atoms with van der Waals surface area (Å²) < 4.78 is 11.2. The highest BCUT2D eigenvalue weighted by molar-refractivity contribution is 6.07. The molecule has 5 aromatic rings. The molecule has 13 heteroatoms. The number of carbonyl (C=O) groups is 3. The van der Waals surface area contributed by atoms with E-state index in [0.29, 0.717) is 31.9 Å². The van der Waals surface area contributed by atoms with Crippen LogP contribution in [-0.2, 0) is 21.7 Å². The van der Waals surface area contributed by atoms with Gasteiger partial charge >= 0.3 is 12.2 Å². The van der Waals surface area contributed by atoms with Gasteiger partial charge in [0.1, 0.15) is 35.6 Å². The number of benzene rings is 3. The van der Waals surface area contributed by atoms with Crippen molar-refractivity contribution in [3.05, 3.63) is 65.9 Å². The van der Waals surface area contributed by atoms with E-state index in [1.54, 1.807) is 11.1 Å². The van der Waals surface area contributed by atoms with Crippen LogP contribution in [0.2, 0.25) is 0 Å². The van der Waals surface area contributed by atoms with Crippen LogP contribution in [0.5, 0.6) is 5.75 Å². The minimum atomic E-state index is -0.926. The third-order valence-corrected chi connectivity index (χ3v) is 12.0. The molecule has 13 nitrogen and oxygen atoms in total. The van der Waals surface area contributed by atoms with Crippen molar-refractivity contribution in [2.45, 2.75) is 85.0 Å². The first-order chi connectivity index (χ1) is 26.2. The molecule has 2 fully saturated rings. The van der Waals surface area contributed by atoms with Crippen molar-refractivity contribution in [1.29, 1.82) is 0 Å². The first-order valence-electron chi connectivity index (χ1n) is 19.1. The molecule has 3 aliphatic rings. The van der Waals surface area contributed by atoms with Crippen molar-refractivity contribution in [1.82, 2.24) is 35.1 Å². The van der Waals surface area contributed by atoms with Crippen LogP contribution in [-0.4, -0.2) is 79.2 Å². The number of H-pyrrole nitrogens is 2. The Balaban J connectivity index is 1.10. The molecule has 2 aromatic heterocycles. The average molecular weight is 748 g/mol. The molecule has 0 spiro atoms. The molecule has 55 heavy (non-hydrogen) atoms. The fourth-order valence-corrected chi connectivity index (χ4v) is 9.20. The number of methoxy groups -OCH3 is 1. The molecule has 2 saturated heterocycles. The largest absolute Gasteiger partial charge is 0.488 e. The van der Waals surface area contributed by atoms with Crippen molar-refractivity contribution >= 4 is 39.9 Å². The molecule has 3 amide bonds. The van der Waals surface area contributed by atoms with Crippen molar-refractivity contribution < 1.29 is 29.0 Å². The summed E-state index contributed by atoms with van der Waals surface area (Å²) in [7, 11) is 1.29. The second-order valence-electron chi connectivity index (χ2n) is 16.8. The maximum Gasteiger partial charge on any atom is 0.408 e. The number of carboxylic acid groups (broad SMARTS) is 1. The topological polar surface area (TPSA) is 166 Å². The van der Waals surface area contributed by atoms with Crippen molar-refractivity contribution in [3.8, 4) is 28.1 Å². The number of amides is 3. The number of likely N-dealkylation sites (tertiary alicyclic amines) is 2. The van der Waals surface area contributed by atoms with Crippen LogP contribution in [0.15, 0.2) is 48.7 Å². The van der Waals surface area contributed by atoms with Gasteiger partial charge in [-0.05, 0) is 82.9 Å². The van der Waals surface area contributed by atoms with Crippen molar-refractivity contribution in [2.24, 2.45) is 17.3 Å². The third-order valence-electron chi connectivity index (χ3n) is 12.0. The second kappa shape index (κ2) is 13.3. The lowest BCUT2D eigenvalue weighted by atomic mass is 9.71. The highest BCUT2D eigenvalue weighted by Gasteiger charge is 2.55. The number of rotatable bonds is 6. The van der Waals surface area contributed by atoms with E-state index in [1.165, 1.54) is 7.11 Å². The number of fused-ring (bicyclic) bond motifs is 6. The Hall–Kier alpha value is -5.59. The van der Waals surface area contributed by atoms with Crippen LogP contribution in [0, 0.1) is 17.3 Å². The lowest BCUT2D eigenvalue weighted by Crippen LogP contribution is -2.53. The number of hydrogen-bond donors (Lipinski definition) is 4. The van der Waals surface area contributed by atoms with E-state index in [2.05, 4.69) is 79.4 Å². The SMILES string of the molecule is COC(=O)N[C@H](C(=O)N1C[C@@H](C)C[C@H]1c1nc2ccc3cc4c(cc3c2[nH]1)OCc1cc(-c2cnc([C@@]3(C(C)(C)C)CCCN3C(=O)O)[nH]2)ccc1-4)C(C)C. The Bertz CT molecular complexity index is 2340. The number of nitrogens with one attached hydrogen (secondary N) is 3. The molecular weight excluding hydrogens is 699 g/mol. The van der Waals surface area contributed by atoms with Gasteiger partial charge in [-0.15, -0.1) is 0 Å². The highest BCUT2D eigenvalue weighted by atomic mass is 16.5. The Morgan fingerprint density at radius 2 is 1.89 bits per heavy atom. The lowest BCUT2D eigenvalue weighted by molar-refractivity contribution is -0.135. The zero-order valence-electron chi connectivity index (χ0n) is 32.4. The number of hydrogen-bond acceptors (Lipinski definition) is 7. The molecular formula is C42H49N7O6. The summed E-state index contributed by atoms with van der Waals surface area (Å²) in [5, 5.41) is 14.8. The van der Waals surface area contributed by atoms with E-state index < -0.39 is 23.8 Å². The molecule has 4 N–H and O–H groups in total. The van der Waals surface area contributed by atoms with Gasteiger partial charge in [0, 0.05) is 24.0 Å². The number of alkyl carbamates (subject to hydrolysis) is 1. The van der Waals surface area contributed by atoms with Crippen LogP contribution in [0.1, 0.15) is 84.1 Å². The first kappa shape index (κ1) is 36.4. The molecule has 0 aliphatic carbocycles. The van der Waals surface area contributed by atoms with Gasteiger partial charge in [-0.3, -0.25) is 9.69 Å². The van der Waals surface area contributed by atoms with E-state index >= 15 is 0 Å². The molecule has 288 valence electrons. The second-order valence-corrected chi connectivity index (χ2v) is 16.8. The van der Waals surface area contributed by atoms with Gasteiger partial charge in [0.15, 0.2) is 0 Å². The summed E-state index contributed by atoms with van der Waals surface area (Å²) >= 11 is 0. The van der Waals surface area contributed by atoms with E-state index in [1.807, 2.05) is 24.8 Å². The Labute approximate surface area is 319 Å². The van der Waals surface area contributed by atoms with Crippen molar-refractivity contribution in [3.63, 3.8) is 0 Å². The molecule has 0 radical (unpaired) electrons. The van der Waals surface area contributed by atoms with Crippen LogP contribution >= 0.6 is 0 Å². The van der Waals surface area contributed by atoms with Crippen LogP contribution < -0.4 is 10.1 Å². The molecule has 4 atom stereocenters. The summed E-state index contributed by atoms with van der Waals surface area (Å²) in [6.07, 6.45) is 2.49. The van der Waals surface area contributed by atoms with E-state index in [-0.39, 0.29) is 29.2 Å². The predicted molar refractivity (Wildman–Crippen MR) is 208 cm³/mol. The molecule has 5 heterocycles. The summed E-state index contributed by atoms with van der Waals surface area (Å²) in [4.78, 5) is 58.6. The maximum absolute atomic E-state index is 13.9. The Kier molecular flexibility index (Phi) is 8.81. The summed E-state index contributed by atoms with van der Waals surface area (Å²) in [5.41, 5.74) is 5.49. The smallest absolute Gasteiger partial charge is 0.408 e. The standard InChI is InChI=1S/C42H49N7O6/c1-22(2)34(47-39(51)54-7)37(50)48-20-23(3)15-32(48)36-44-30-12-10-24-17-29-27-11-9-25(16-26(27)21-55-33(29)18-28(24)35(30)46-36)31-19-43-38(45-31)42(41(4,5)6)13-8-14-49(42)40(52)53/h9-12,16-19,22-23,32,34H,8,13-15,20-21H2,1-7H3,(H,43,45)(H,44,46)(H,47,51)(H,52,53)/t23-,32-,34-,42+/m0/s1. The summed E-state index contributed by atoms with van der Waals surface area (Å²) in [6, 6.07) is 13.6. The highest BCUT2D eigenvalue weighted by Crippen LogP contribution is 2.51. The molecule has 0 saturated carbocycles. The van der Waals surface area contributed by atoms with E-state index in [9.17, 15) is 19.5 Å². The maximum atomic E-state index is 13.9. The van der Waals surface area contributed by atoms with E-state index in [4.69, 9.17) is 19.4 Å². The third kappa shape index (κ3) is 5.95. The van der Waals surface area contributed by atoms with Crippen LogP contribution in [0.25, 0.3) is 44.2 Å². The zero-order valence-corrected chi connectivity index (χ0v) is 32.4. The van der Waals surface area contributed by atoms with Gasteiger partial charge in [0.05, 0.1) is 36.1 Å². The van der Waals surface area contributed by atoms with Gasteiger partial charge in [0.25, 0.3) is 0 Å². The summed E-state index contributed by atoms with van der Waals surface area (Å²) in [6.45, 7) is 13.6. The molecule has 8 rings (SSSR count). The molecule has 0 unspecified atom stereocenters. The van der Waals surface area contributed by atoms with Crippen LogP contribution in [0.4, 0.5) is 9.59 Å². The molecule has 3 aliphatic heterocycles. The summed E-state index contributed by atoms with van der Waals surface area (Å²) in [5.74, 6) is 2.16. The molecule has 3 aromatic carbocycles. The van der Waals surface area contributed by atoms with Gasteiger partial charge in [0.2, 0.25) is 5.91 Å². The van der Waals surface area contributed by atoms with Crippen molar-refractivity contribution in [2.75, 3.05) is 20.2 Å². The number of carbonyl (C=O) groups excluding carboxylic acids is 2. The first-order valence-corrected chi connectivity index (χ1v) is 19.1. The van der Waals surface area contributed by atoms with Gasteiger partial charge in [-0.1, -0.05) is 59.7 Å². The number of aromatic nitrogens is 4.